The third-order valence-electron chi connectivity index (χ3n) is 2.47. The van der Waals surface area contributed by atoms with Crippen molar-refractivity contribution in [3.8, 4) is 0 Å². The van der Waals surface area contributed by atoms with Gasteiger partial charge in [-0.1, -0.05) is 0 Å². The normalized spacial score (nSPS) is 10.5. The third kappa shape index (κ3) is 3.68. The molecule has 0 bridgehead atoms. The highest BCUT2D eigenvalue weighted by molar-refractivity contribution is 5.90. The summed E-state index contributed by atoms with van der Waals surface area (Å²) in [6.07, 6.45) is -0.340. The Morgan fingerprint density at radius 3 is 2.50 bits per heavy atom. The standard InChI is InChI=1S/C12H18N2O4/c1-8-9(12(15)18-4)5-6-10(14-8)13-7-11(16-2)17-3/h5-6,11H,7H2,1-4H3,(H,13,14). The van der Waals surface area contributed by atoms with Gasteiger partial charge >= 0.3 is 5.97 Å². The zero-order chi connectivity index (χ0) is 13.5. The minimum Gasteiger partial charge on any atom is -0.465 e. The Hall–Kier alpha value is -1.66. The van der Waals surface area contributed by atoms with Crippen LogP contribution in [0.15, 0.2) is 12.1 Å². The zero-order valence-corrected chi connectivity index (χ0v) is 11.0. The van der Waals surface area contributed by atoms with Crippen LogP contribution < -0.4 is 5.32 Å². The minimum absolute atomic E-state index is 0.340. The summed E-state index contributed by atoms with van der Waals surface area (Å²) in [5, 5.41) is 3.06. The molecule has 1 rings (SSSR count). The van der Waals surface area contributed by atoms with Gasteiger partial charge < -0.3 is 19.5 Å². The van der Waals surface area contributed by atoms with Gasteiger partial charge in [-0.15, -0.1) is 0 Å². The molecular weight excluding hydrogens is 236 g/mol. The number of ether oxygens (including phenoxy) is 3. The molecule has 18 heavy (non-hydrogen) atoms. The Bertz CT molecular complexity index is 405. The van der Waals surface area contributed by atoms with Gasteiger partial charge in [-0.2, -0.15) is 0 Å². The molecule has 0 amide bonds. The second kappa shape index (κ2) is 6.93. The lowest BCUT2D eigenvalue weighted by Gasteiger charge is -2.15. The summed E-state index contributed by atoms with van der Waals surface area (Å²) in [6.45, 7) is 2.22. The van der Waals surface area contributed by atoms with Crippen molar-refractivity contribution in [1.82, 2.24) is 4.98 Å². The topological polar surface area (TPSA) is 69.7 Å². The van der Waals surface area contributed by atoms with Gasteiger partial charge in [-0.25, -0.2) is 9.78 Å². The van der Waals surface area contributed by atoms with Crippen LogP contribution in [0.4, 0.5) is 5.82 Å². The zero-order valence-electron chi connectivity index (χ0n) is 11.0. The number of nitrogens with zero attached hydrogens (tertiary/aromatic N) is 1. The SMILES string of the molecule is COC(=O)c1ccc(NCC(OC)OC)nc1C. The first-order valence-electron chi connectivity index (χ1n) is 5.47. The van der Waals surface area contributed by atoms with Crippen molar-refractivity contribution >= 4 is 11.8 Å². The molecule has 0 aliphatic heterocycles. The van der Waals surface area contributed by atoms with Crippen LogP contribution in [-0.4, -0.2) is 45.1 Å². The number of aromatic nitrogens is 1. The maximum atomic E-state index is 11.4. The highest BCUT2D eigenvalue weighted by Crippen LogP contribution is 2.11. The fraction of sp³-hybridized carbons (Fsp3) is 0.500. The van der Waals surface area contributed by atoms with Crippen molar-refractivity contribution in [2.75, 3.05) is 33.2 Å². The van der Waals surface area contributed by atoms with Gasteiger partial charge in [0.05, 0.1) is 24.9 Å². The molecule has 0 saturated carbocycles. The molecule has 0 aliphatic carbocycles. The fourth-order valence-electron chi connectivity index (χ4n) is 1.44. The Morgan fingerprint density at radius 2 is 2.00 bits per heavy atom. The molecule has 1 heterocycles. The van der Waals surface area contributed by atoms with Crippen molar-refractivity contribution in [3.05, 3.63) is 23.4 Å². The van der Waals surface area contributed by atoms with Gasteiger partial charge in [-0.3, -0.25) is 0 Å². The minimum atomic E-state index is -0.391. The smallest absolute Gasteiger partial charge is 0.339 e. The molecule has 100 valence electrons. The Labute approximate surface area is 106 Å². The van der Waals surface area contributed by atoms with E-state index in [9.17, 15) is 4.79 Å². The molecule has 0 saturated heterocycles. The van der Waals surface area contributed by atoms with Gasteiger partial charge in [-0.05, 0) is 19.1 Å². The Morgan fingerprint density at radius 1 is 1.33 bits per heavy atom. The van der Waals surface area contributed by atoms with Crippen LogP contribution in [0.3, 0.4) is 0 Å². The summed E-state index contributed by atoms with van der Waals surface area (Å²) in [5.41, 5.74) is 1.07. The molecule has 0 fully saturated rings. The van der Waals surface area contributed by atoms with Gasteiger partial charge in [0.2, 0.25) is 0 Å². The van der Waals surface area contributed by atoms with Crippen LogP contribution in [0.2, 0.25) is 0 Å². The summed E-state index contributed by atoms with van der Waals surface area (Å²) < 4.78 is 14.7. The number of pyridine rings is 1. The number of carbonyl (C=O) groups is 1. The van der Waals surface area contributed by atoms with Crippen molar-refractivity contribution in [2.24, 2.45) is 0 Å². The van der Waals surface area contributed by atoms with E-state index in [4.69, 9.17) is 9.47 Å². The Kier molecular flexibility index (Phi) is 5.54. The predicted octanol–water partition coefficient (Wildman–Crippen LogP) is 1.21. The van der Waals surface area contributed by atoms with E-state index in [0.717, 1.165) is 0 Å². The molecule has 0 aromatic carbocycles. The van der Waals surface area contributed by atoms with E-state index < -0.39 is 5.97 Å². The lowest BCUT2D eigenvalue weighted by Crippen LogP contribution is -2.24. The second-order valence-electron chi connectivity index (χ2n) is 3.60. The number of anilines is 1. The fourth-order valence-corrected chi connectivity index (χ4v) is 1.44. The van der Waals surface area contributed by atoms with Crippen molar-refractivity contribution in [2.45, 2.75) is 13.2 Å². The molecule has 1 N–H and O–H groups in total. The van der Waals surface area contributed by atoms with Crippen molar-refractivity contribution in [3.63, 3.8) is 0 Å². The molecule has 0 aliphatic rings. The van der Waals surface area contributed by atoms with Crippen LogP contribution in [0.5, 0.6) is 0 Å². The molecule has 0 unspecified atom stereocenters. The summed E-state index contributed by atoms with van der Waals surface area (Å²) in [6, 6.07) is 3.38. The average molecular weight is 254 g/mol. The summed E-state index contributed by atoms with van der Waals surface area (Å²) in [4.78, 5) is 15.6. The predicted molar refractivity (Wildman–Crippen MR) is 66.6 cm³/mol. The summed E-state index contributed by atoms with van der Waals surface area (Å²) in [5.74, 6) is 0.262. The number of aryl methyl sites for hydroxylation is 1. The van der Waals surface area contributed by atoms with E-state index in [1.807, 2.05) is 0 Å². The molecule has 6 nitrogen and oxygen atoms in total. The average Bonchev–Trinajstić information content (AvgIpc) is 2.39. The largest absolute Gasteiger partial charge is 0.465 e. The number of esters is 1. The third-order valence-corrected chi connectivity index (χ3v) is 2.47. The number of hydrogen-bond donors (Lipinski definition) is 1. The molecule has 0 atom stereocenters. The quantitative estimate of drug-likeness (QED) is 0.608. The van der Waals surface area contributed by atoms with Gasteiger partial charge in [0.1, 0.15) is 5.82 Å². The molecule has 1 aromatic rings. The first-order chi connectivity index (χ1) is 8.62. The Balaban J connectivity index is 2.70. The number of rotatable bonds is 6. The molecule has 0 spiro atoms. The maximum absolute atomic E-state index is 11.4. The van der Waals surface area contributed by atoms with Crippen molar-refractivity contribution in [1.29, 1.82) is 0 Å². The summed E-state index contributed by atoms with van der Waals surface area (Å²) >= 11 is 0. The van der Waals surface area contributed by atoms with Crippen LogP contribution >= 0.6 is 0 Å². The first-order valence-corrected chi connectivity index (χ1v) is 5.47. The van der Waals surface area contributed by atoms with E-state index in [-0.39, 0.29) is 6.29 Å². The van der Waals surface area contributed by atoms with Gasteiger partial charge in [0.15, 0.2) is 6.29 Å². The lowest BCUT2D eigenvalue weighted by atomic mass is 10.2. The summed E-state index contributed by atoms with van der Waals surface area (Å²) in [7, 11) is 4.47. The van der Waals surface area contributed by atoms with E-state index >= 15 is 0 Å². The second-order valence-corrected chi connectivity index (χ2v) is 3.60. The number of nitrogens with one attached hydrogen (secondary N) is 1. The molecule has 6 heteroatoms. The molecule has 1 aromatic heterocycles. The van der Waals surface area contributed by atoms with Crippen LogP contribution in [-0.2, 0) is 14.2 Å². The highest BCUT2D eigenvalue weighted by Gasteiger charge is 2.11. The van der Waals surface area contributed by atoms with Crippen molar-refractivity contribution < 1.29 is 19.0 Å². The van der Waals surface area contributed by atoms with E-state index in [2.05, 4.69) is 15.0 Å². The van der Waals surface area contributed by atoms with E-state index in [1.165, 1.54) is 7.11 Å². The van der Waals surface area contributed by atoms with Gasteiger partial charge in [0, 0.05) is 14.2 Å². The highest BCUT2D eigenvalue weighted by atomic mass is 16.7. The van der Waals surface area contributed by atoms with Crippen LogP contribution in [0.1, 0.15) is 16.1 Å². The molecule has 0 radical (unpaired) electrons. The lowest BCUT2D eigenvalue weighted by molar-refractivity contribution is -0.0914. The first kappa shape index (κ1) is 14.4. The number of methoxy groups -OCH3 is 3. The number of hydrogen-bond acceptors (Lipinski definition) is 6. The molecular formula is C12H18N2O4. The van der Waals surface area contributed by atoms with E-state index in [0.29, 0.717) is 23.6 Å². The number of carbonyl (C=O) groups excluding carboxylic acids is 1. The van der Waals surface area contributed by atoms with Crippen LogP contribution in [0, 0.1) is 6.92 Å². The monoisotopic (exact) mass is 254 g/mol. The van der Waals surface area contributed by atoms with Gasteiger partial charge in [0.25, 0.3) is 0 Å². The van der Waals surface area contributed by atoms with E-state index in [1.54, 1.807) is 33.3 Å². The maximum Gasteiger partial charge on any atom is 0.339 e. The van der Waals surface area contributed by atoms with Crippen LogP contribution in [0.25, 0.3) is 0 Å².